The summed E-state index contributed by atoms with van der Waals surface area (Å²) >= 11 is 11.9. The Kier molecular flexibility index (Phi) is 3.13. The van der Waals surface area contributed by atoms with Crippen LogP contribution in [0.4, 0.5) is 0 Å². The number of benzene rings is 1. The van der Waals surface area contributed by atoms with Gasteiger partial charge in [-0.1, -0.05) is 29.3 Å². The molecule has 0 saturated heterocycles. The van der Waals surface area contributed by atoms with Crippen molar-refractivity contribution in [3.8, 4) is 11.3 Å². The second-order valence-electron chi connectivity index (χ2n) is 3.58. The fourth-order valence-electron chi connectivity index (χ4n) is 1.54. The fraction of sp³-hybridized carbons (Fsp3) is 0.167. The van der Waals surface area contributed by atoms with E-state index in [0.717, 1.165) is 16.8 Å². The monoisotopic (exact) mass is 252 g/mol. The van der Waals surface area contributed by atoms with Crippen LogP contribution in [0.5, 0.6) is 0 Å². The molecule has 0 unspecified atom stereocenters. The second kappa shape index (κ2) is 4.40. The molecular weight excluding hydrogens is 243 g/mol. The Bertz CT molecular complexity index is 518. The van der Waals surface area contributed by atoms with Gasteiger partial charge in [-0.05, 0) is 31.5 Å². The average Bonchev–Trinajstić information content (AvgIpc) is 2.20. The highest BCUT2D eigenvalue weighted by Gasteiger charge is 2.06. The quantitative estimate of drug-likeness (QED) is 0.716. The van der Waals surface area contributed by atoms with E-state index in [1.807, 2.05) is 32.0 Å². The molecule has 2 aromatic rings. The van der Waals surface area contributed by atoms with Crippen molar-refractivity contribution in [3.05, 3.63) is 45.8 Å². The van der Waals surface area contributed by atoms with Gasteiger partial charge in [0.25, 0.3) is 0 Å². The number of halogens is 2. The molecule has 0 saturated carbocycles. The predicted octanol–water partition coefficient (Wildman–Crippen LogP) is 4.07. The molecule has 82 valence electrons. The lowest BCUT2D eigenvalue weighted by Gasteiger charge is -2.06. The zero-order valence-electron chi connectivity index (χ0n) is 8.96. The number of hydrogen-bond donors (Lipinski definition) is 0. The van der Waals surface area contributed by atoms with Gasteiger partial charge in [0.2, 0.25) is 0 Å². The number of aryl methyl sites for hydroxylation is 2. The minimum Gasteiger partial charge on any atom is -0.233 e. The minimum atomic E-state index is 0.446. The smallest absolute Gasteiger partial charge is 0.133 e. The standard InChI is InChI=1S/C12H10Cl2N2/c1-7-3-4-9(13)5-10(7)11-6-12(14)16-8(2)15-11/h3-6H,1-2H3. The van der Waals surface area contributed by atoms with E-state index in [2.05, 4.69) is 9.97 Å². The second-order valence-corrected chi connectivity index (χ2v) is 4.41. The minimum absolute atomic E-state index is 0.446. The first-order chi connectivity index (χ1) is 7.56. The Balaban J connectivity index is 2.62. The highest BCUT2D eigenvalue weighted by Crippen LogP contribution is 2.26. The van der Waals surface area contributed by atoms with E-state index >= 15 is 0 Å². The van der Waals surface area contributed by atoms with Gasteiger partial charge in [0.1, 0.15) is 11.0 Å². The summed E-state index contributed by atoms with van der Waals surface area (Å²) < 4.78 is 0. The first-order valence-electron chi connectivity index (χ1n) is 4.84. The van der Waals surface area contributed by atoms with Gasteiger partial charge in [0, 0.05) is 16.7 Å². The van der Waals surface area contributed by atoms with E-state index in [9.17, 15) is 0 Å². The molecule has 0 atom stereocenters. The Hall–Kier alpha value is -1.12. The highest BCUT2D eigenvalue weighted by atomic mass is 35.5. The van der Waals surface area contributed by atoms with Gasteiger partial charge in [-0.3, -0.25) is 0 Å². The van der Waals surface area contributed by atoms with E-state index < -0.39 is 0 Å². The van der Waals surface area contributed by atoms with E-state index in [4.69, 9.17) is 23.2 Å². The van der Waals surface area contributed by atoms with Crippen molar-refractivity contribution in [2.75, 3.05) is 0 Å². The topological polar surface area (TPSA) is 25.8 Å². The Morgan fingerprint density at radius 1 is 1.00 bits per heavy atom. The third-order valence-corrected chi connectivity index (χ3v) is 2.71. The van der Waals surface area contributed by atoms with E-state index in [-0.39, 0.29) is 0 Å². The highest BCUT2D eigenvalue weighted by molar-refractivity contribution is 6.31. The SMILES string of the molecule is Cc1nc(Cl)cc(-c2cc(Cl)ccc2C)n1. The van der Waals surface area contributed by atoms with Gasteiger partial charge in [0.15, 0.2) is 0 Å². The van der Waals surface area contributed by atoms with Crippen LogP contribution in [0, 0.1) is 13.8 Å². The third-order valence-electron chi connectivity index (χ3n) is 2.28. The molecule has 0 fully saturated rings. The van der Waals surface area contributed by atoms with Gasteiger partial charge in [-0.15, -0.1) is 0 Å². The Morgan fingerprint density at radius 3 is 2.44 bits per heavy atom. The van der Waals surface area contributed by atoms with Crippen LogP contribution in [-0.2, 0) is 0 Å². The van der Waals surface area contributed by atoms with Crippen LogP contribution in [0.15, 0.2) is 24.3 Å². The molecule has 1 aromatic heterocycles. The molecule has 2 nitrogen and oxygen atoms in total. The van der Waals surface area contributed by atoms with Gasteiger partial charge in [-0.25, -0.2) is 9.97 Å². The molecule has 0 aliphatic carbocycles. The molecule has 1 aromatic carbocycles. The van der Waals surface area contributed by atoms with Gasteiger partial charge in [0.05, 0.1) is 5.69 Å². The fourth-order valence-corrected chi connectivity index (χ4v) is 1.94. The lowest BCUT2D eigenvalue weighted by molar-refractivity contribution is 1.06. The van der Waals surface area contributed by atoms with Crippen LogP contribution in [0.2, 0.25) is 10.2 Å². The largest absolute Gasteiger partial charge is 0.233 e. The Labute approximate surface area is 104 Å². The molecular formula is C12H10Cl2N2. The van der Waals surface area contributed by atoms with Crippen LogP contribution < -0.4 is 0 Å². The maximum atomic E-state index is 5.97. The van der Waals surface area contributed by atoms with Crippen molar-refractivity contribution in [2.24, 2.45) is 0 Å². The van der Waals surface area contributed by atoms with Gasteiger partial charge >= 0.3 is 0 Å². The lowest BCUT2D eigenvalue weighted by atomic mass is 10.1. The summed E-state index contributed by atoms with van der Waals surface area (Å²) in [7, 11) is 0. The first-order valence-corrected chi connectivity index (χ1v) is 5.59. The van der Waals surface area contributed by atoms with Crippen molar-refractivity contribution in [1.29, 1.82) is 0 Å². The number of aromatic nitrogens is 2. The molecule has 0 amide bonds. The zero-order valence-corrected chi connectivity index (χ0v) is 10.5. The molecule has 0 N–H and O–H groups in total. The van der Waals surface area contributed by atoms with Crippen molar-refractivity contribution < 1.29 is 0 Å². The molecule has 0 aliphatic heterocycles. The molecule has 0 aliphatic rings. The van der Waals surface area contributed by atoms with Crippen LogP contribution in [0.1, 0.15) is 11.4 Å². The third kappa shape index (κ3) is 2.34. The number of rotatable bonds is 1. The summed E-state index contributed by atoms with van der Waals surface area (Å²) in [5.74, 6) is 0.655. The van der Waals surface area contributed by atoms with E-state index in [1.54, 1.807) is 6.07 Å². The Morgan fingerprint density at radius 2 is 1.75 bits per heavy atom. The van der Waals surface area contributed by atoms with E-state index in [1.165, 1.54) is 0 Å². The average molecular weight is 253 g/mol. The van der Waals surface area contributed by atoms with Crippen molar-refractivity contribution in [3.63, 3.8) is 0 Å². The first kappa shape index (κ1) is 11.4. The molecule has 16 heavy (non-hydrogen) atoms. The maximum absolute atomic E-state index is 5.97. The van der Waals surface area contributed by atoms with Crippen molar-refractivity contribution in [1.82, 2.24) is 9.97 Å². The number of hydrogen-bond acceptors (Lipinski definition) is 2. The summed E-state index contributed by atoms with van der Waals surface area (Å²) in [4.78, 5) is 8.39. The summed E-state index contributed by atoms with van der Waals surface area (Å²) in [6.07, 6.45) is 0. The van der Waals surface area contributed by atoms with Crippen molar-refractivity contribution in [2.45, 2.75) is 13.8 Å². The lowest BCUT2D eigenvalue weighted by Crippen LogP contribution is -1.93. The zero-order chi connectivity index (χ0) is 11.7. The molecule has 2 rings (SSSR count). The van der Waals surface area contributed by atoms with Gasteiger partial charge in [-0.2, -0.15) is 0 Å². The van der Waals surface area contributed by atoms with Gasteiger partial charge < -0.3 is 0 Å². The van der Waals surface area contributed by atoms with Crippen molar-refractivity contribution >= 4 is 23.2 Å². The van der Waals surface area contributed by atoms with Crippen LogP contribution >= 0.6 is 23.2 Å². The maximum Gasteiger partial charge on any atom is 0.133 e. The van der Waals surface area contributed by atoms with Crippen LogP contribution in [0.25, 0.3) is 11.3 Å². The summed E-state index contributed by atoms with van der Waals surface area (Å²) in [6, 6.07) is 7.45. The van der Waals surface area contributed by atoms with Crippen LogP contribution in [0.3, 0.4) is 0 Å². The summed E-state index contributed by atoms with van der Waals surface area (Å²) in [5.41, 5.74) is 2.90. The summed E-state index contributed by atoms with van der Waals surface area (Å²) in [5, 5.41) is 1.13. The molecule has 1 heterocycles. The molecule has 0 spiro atoms. The van der Waals surface area contributed by atoms with E-state index in [0.29, 0.717) is 16.0 Å². The molecule has 4 heteroatoms. The van der Waals surface area contributed by atoms with Crippen LogP contribution in [-0.4, -0.2) is 9.97 Å². The summed E-state index contributed by atoms with van der Waals surface area (Å²) in [6.45, 7) is 3.83. The molecule has 0 radical (unpaired) electrons. The normalized spacial score (nSPS) is 10.5. The predicted molar refractivity (Wildman–Crippen MR) is 67.0 cm³/mol. The molecule has 0 bridgehead atoms. The number of nitrogens with zero attached hydrogens (tertiary/aromatic N) is 2.